The Morgan fingerprint density at radius 3 is 1.95 bits per heavy atom. The van der Waals surface area contributed by atoms with Crippen molar-refractivity contribution in [3.05, 3.63) is 59.2 Å². The van der Waals surface area contributed by atoms with Crippen molar-refractivity contribution < 1.29 is 117 Å². The first-order valence-corrected chi connectivity index (χ1v) is 29.0. The molecule has 0 radical (unpaired) electrons. The maximum atomic E-state index is 14.3. The Hall–Kier alpha value is -3.45. The van der Waals surface area contributed by atoms with Gasteiger partial charge in [0.25, 0.3) is 0 Å². The highest BCUT2D eigenvalue weighted by Gasteiger charge is 2.75. The van der Waals surface area contributed by atoms with Crippen molar-refractivity contribution in [3.63, 3.8) is 0 Å². The maximum Gasteiger partial charge on any atom is 0.338 e. The smallest absolute Gasteiger partial charge is 0.338 e. The van der Waals surface area contributed by atoms with E-state index in [0.717, 1.165) is 5.57 Å². The summed E-state index contributed by atoms with van der Waals surface area (Å²) in [6.45, 7) is 10.6. The molecule has 4 aliphatic heterocycles. The van der Waals surface area contributed by atoms with Gasteiger partial charge in [-0.25, -0.2) is 9.59 Å². The van der Waals surface area contributed by atoms with E-state index in [0.29, 0.717) is 49.7 Å². The molecular formula is C59H86O24. The number of ketones is 1. The van der Waals surface area contributed by atoms with Gasteiger partial charge in [0.2, 0.25) is 0 Å². The molecule has 4 heterocycles. The van der Waals surface area contributed by atoms with Crippen LogP contribution in [0.4, 0.5) is 0 Å². The van der Waals surface area contributed by atoms with Gasteiger partial charge in [-0.05, 0) is 96.6 Å². The zero-order chi connectivity index (χ0) is 60.2. The van der Waals surface area contributed by atoms with Gasteiger partial charge in [0.15, 0.2) is 25.2 Å². The van der Waals surface area contributed by atoms with Crippen LogP contribution in [0.1, 0.15) is 104 Å². The summed E-state index contributed by atoms with van der Waals surface area (Å²) in [7, 11) is 2.84. The van der Waals surface area contributed by atoms with Crippen LogP contribution in [0.25, 0.3) is 0 Å². The van der Waals surface area contributed by atoms with Crippen LogP contribution in [0.3, 0.4) is 0 Å². The number of fused-ring (bicyclic) bond motifs is 5. The molecule has 0 aromatic heterocycles. The molecule has 1 aromatic rings. The zero-order valence-electron chi connectivity index (χ0n) is 48.5. The van der Waals surface area contributed by atoms with Gasteiger partial charge < -0.3 is 103 Å². The van der Waals surface area contributed by atoms with Crippen molar-refractivity contribution in [2.75, 3.05) is 27.4 Å². The summed E-state index contributed by atoms with van der Waals surface area (Å²) in [5.41, 5.74) is -1.77. The molecule has 28 atom stereocenters. The minimum absolute atomic E-state index is 0.142. The second kappa shape index (κ2) is 25.7. The van der Waals surface area contributed by atoms with Crippen molar-refractivity contribution in [2.24, 2.45) is 28.6 Å². The normalized spacial score (nSPS) is 47.3. The molecule has 0 amide bonds. The number of rotatable bonds is 17. The van der Waals surface area contributed by atoms with Crippen molar-refractivity contribution in [3.8, 4) is 0 Å². The molecule has 4 saturated heterocycles. The molecule has 7 fully saturated rings. The number of hydrogen-bond donors (Lipinski definition) is 9. The number of esters is 2. The molecular weight excluding hydrogens is 1090 g/mol. The van der Waals surface area contributed by atoms with E-state index < -0.39 is 188 Å². The lowest BCUT2D eigenvalue weighted by Crippen LogP contribution is -2.72. The Morgan fingerprint density at radius 1 is 0.687 bits per heavy atom. The van der Waals surface area contributed by atoms with Crippen LogP contribution in [0, 0.1) is 28.6 Å². The Bertz CT molecular complexity index is 2480. The van der Waals surface area contributed by atoms with E-state index in [4.69, 9.17) is 56.8 Å². The molecule has 7 unspecified atom stereocenters. The van der Waals surface area contributed by atoms with Crippen LogP contribution in [-0.4, -0.2) is 232 Å². The molecule has 24 nitrogen and oxygen atoms in total. The third kappa shape index (κ3) is 11.7. The number of aliphatic hydroxyl groups is 9. The van der Waals surface area contributed by atoms with Crippen LogP contribution >= 0.6 is 0 Å². The highest BCUT2D eigenvalue weighted by atomic mass is 16.8. The fourth-order valence-corrected chi connectivity index (χ4v) is 15.1. The van der Waals surface area contributed by atoms with Gasteiger partial charge in [-0.1, -0.05) is 49.8 Å². The molecule has 0 spiro atoms. The summed E-state index contributed by atoms with van der Waals surface area (Å²) in [6, 6.07) is 8.58. The van der Waals surface area contributed by atoms with Crippen LogP contribution < -0.4 is 0 Å². The predicted octanol–water partition coefficient (Wildman–Crippen LogP) is 0.643. The second-order valence-electron chi connectivity index (χ2n) is 24.3. The zero-order valence-corrected chi connectivity index (χ0v) is 48.5. The van der Waals surface area contributed by atoms with E-state index >= 15 is 0 Å². The van der Waals surface area contributed by atoms with E-state index in [2.05, 4.69) is 13.0 Å². The summed E-state index contributed by atoms with van der Waals surface area (Å²) < 4.78 is 73.9. The molecule has 24 heteroatoms. The van der Waals surface area contributed by atoms with Crippen molar-refractivity contribution in [1.82, 2.24) is 0 Å². The van der Waals surface area contributed by atoms with Crippen LogP contribution in [0.15, 0.2) is 53.6 Å². The first-order chi connectivity index (χ1) is 39.4. The van der Waals surface area contributed by atoms with Crippen LogP contribution in [0.5, 0.6) is 0 Å². The lowest BCUT2D eigenvalue weighted by atomic mass is 9.44. The molecule has 83 heavy (non-hydrogen) atoms. The number of benzene rings is 1. The van der Waals surface area contributed by atoms with Gasteiger partial charge in [-0.3, -0.25) is 4.79 Å². The van der Waals surface area contributed by atoms with Gasteiger partial charge in [0, 0.05) is 43.5 Å². The quantitative estimate of drug-likeness (QED) is 0.0587. The summed E-state index contributed by atoms with van der Waals surface area (Å²) in [6.07, 6.45) is -21.8. The highest BCUT2D eigenvalue weighted by Crippen LogP contribution is 2.69. The Labute approximate surface area is 482 Å². The highest BCUT2D eigenvalue weighted by molar-refractivity contribution is 5.90. The fourth-order valence-electron chi connectivity index (χ4n) is 15.1. The molecule has 9 rings (SSSR count). The summed E-state index contributed by atoms with van der Waals surface area (Å²) in [5, 5.41) is 98.5. The van der Waals surface area contributed by atoms with Gasteiger partial charge in [-0.2, -0.15) is 0 Å². The molecule has 0 bridgehead atoms. The average molecular weight is 1180 g/mol. The van der Waals surface area contributed by atoms with Crippen molar-refractivity contribution >= 4 is 17.7 Å². The van der Waals surface area contributed by atoms with Gasteiger partial charge in [0.05, 0.1) is 48.8 Å². The number of carbonyl (C=O) groups is 3. The monoisotopic (exact) mass is 1180 g/mol. The molecule has 466 valence electrons. The van der Waals surface area contributed by atoms with E-state index in [1.165, 1.54) is 21.1 Å². The largest absolute Gasteiger partial charge is 0.454 e. The Balaban J connectivity index is 0.862. The van der Waals surface area contributed by atoms with Gasteiger partial charge in [-0.15, -0.1) is 0 Å². The third-order valence-corrected chi connectivity index (χ3v) is 19.8. The first-order valence-electron chi connectivity index (χ1n) is 29.0. The number of Topliss-reactive ketones (excluding diaryl/α,β-unsaturated/α-hetero) is 1. The number of methoxy groups -OCH3 is 2. The van der Waals surface area contributed by atoms with Gasteiger partial charge in [0.1, 0.15) is 91.2 Å². The second-order valence-corrected chi connectivity index (χ2v) is 24.3. The number of aliphatic hydroxyl groups excluding tert-OH is 8. The lowest BCUT2D eigenvalue weighted by Gasteiger charge is -2.64. The topological polar surface area (TPSA) is 344 Å². The number of allylic oxidation sites excluding steroid dienone is 2. The molecule has 1 aromatic carbocycles. The van der Waals surface area contributed by atoms with Crippen LogP contribution in [-0.2, 0) is 66.4 Å². The predicted molar refractivity (Wildman–Crippen MR) is 285 cm³/mol. The molecule has 3 saturated carbocycles. The molecule has 8 aliphatic rings. The number of ether oxygens (including phenoxy) is 12. The van der Waals surface area contributed by atoms with E-state index in [-0.39, 0.29) is 18.3 Å². The maximum absolute atomic E-state index is 14.3. The summed E-state index contributed by atoms with van der Waals surface area (Å²) >= 11 is 0. The number of hydrogen-bond acceptors (Lipinski definition) is 24. The Kier molecular flexibility index (Phi) is 19.8. The molecule has 9 N–H and O–H groups in total. The van der Waals surface area contributed by atoms with Gasteiger partial charge >= 0.3 is 11.9 Å². The fraction of sp³-hybridized carbons (Fsp3) is 0.780. The molecule has 4 aliphatic carbocycles. The van der Waals surface area contributed by atoms with Crippen LogP contribution in [0.2, 0.25) is 0 Å². The average Bonchev–Trinajstić information content (AvgIpc) is 3.84. The minimum Gasteiger partial charge on any atom is -0.454 e. The summed E-state index contributed by atoms with van der Waals surface area (Å²) in [5.74, 6) is -3.06. The van der Waals surface area contributed by atoms with E-state index in [1.54, 1.807) is 64.1 Å². The van der Waals surface area contributed by atoms with E-state index in [9.17, 15) is 60.3 Å². The van der Waals surface area contributed by atoms with Crippen molar-refractivity contribution in [1.29, 1.82) is 0 Å². The summed E-state index contributed by atoms with van der Waals surface area (Å²) in [4.78, 5) is 41.7. The number of carbonyl (C=O) groups excluding carboxylic acids is 3. The van der Waals surface area contributed by atoms with E-state index in [1.807, 2.05) is 6.92 Å². The minimum atomic E-state index is -1.87. The van der Waals surface area contributed by atoms with Crippen molar-refractivity contribution in [2.45, 2.75) is 234 Å². The standard InChI is InChI=1S/C59H86O24/c1-10-26(2)52(69)83-51-49(79-53(70)30-14-12-11-13-15-30)39-34(59(71)21-19-33(27(3)62)58(51,59)7)17-16-31-22-32(18-20-57(31,39)6)76-38-23-35(72-8)46(28(4)74-38)80-56-45(68)50(73-9)47(29(5)75-56)81-55-44(67)42(65)48(37(25-61)78-55)82-54-43(66)41(64)40(63)36(24-60)77-54/h10-16,28-29,32-51,54-56,60-61,63-68,71H,17-25H2,1-9H3/b26-10+/t28?,29?,32-,33+,34+,35+,36?,37?,38-,39+,40+,41-,42+,43?,44?,45?,46+,47+,48+,49-,50+,51+,54-,55-,56-,57-,58-,59-/m0/s1. The Morgan fingerprint density at radius 2 is 1.31 bits per heavy atom. The lowest BCUT2D eigenvalue weighted by molar-refractivity contribution is -0.384. The SMILES string of the molecule is C/C=C(\C)C(=O)O[C@@H]1[C@@H](OC(=O)c2ccccc2)[C@H]2[C@@H](CC=C3C[C@@H](O[C@H]4C[C@@H](OC)[C@H](O[C@@H]5OC(C)[C@@H](O[C@@H]6OC(CO)[C@@H](O[C@@H]7OC(CO)[C@@H](O)[C@H](O)C7O)[C@H](O)C6O)[C@H](OC)C5O)C(C)O4)CC[C@@]32C)[C@@]2(O)CC[C@H](C(C)=O)[C@@]12C. The first kappa shape index (κ1) is 64.0. The third-order valence-electron chi connectivity index (χ3n) is 19.8.